The third kappa shape index (κ3) is 3.42. The molecule has 0 radical (unpaired) electrons. The van der Waals surface area contributed by atoms with E-state index < -0.39 is 9.84 Å². The quantitative estimate of drug-likeness (QED) is 0.735. The second kappa shape index (κ2) is 5.35. The van der Waals surface area contributed by atoms with Crippen molar-refractivity contribution in [2.24, 2.45) is 0 Å². The zero-order valence-electron chi connectivity index (χ0n) is 9.94. The summed E-state index contributed by atoms with van der Waals surface area (Å²) >= 11 is 0. The number of hydrogen-bond acceptors (Lipinski definition) is 4. The first-order chi connectivity index (χ1) is 8.08. The fraction of sp³-hybridized carbons (Fsp3) is 0.909. The summed E-state index contributed by atoms with van der Waals surface area (Å²) in [5.74, 6) is -0.681. The first-order valence-electron chi connectivity index (χ1n) is 6.29. The average Bonchev–Trinajstić information content (AvgIpc) is 2.87. The van der Waals surface area contributed by atoms with E-state index in [-0.39, 0.29) is 23.0 Å². The second-order valence-electron chi connectivity index (χ2n) is 4.97. The molecule has 98 valence electrons. The largest absolute Gasteiger partial charge is 0.351 e. The lowest BCUT2D eigenvalue weighted by atomic mass is 10.3. The van der Waals surface area contributed by atoms with Gasteiger partial charge < -0.3 is 10.6 Å². The molecule has 2 aliphatic rings. The Morgan fingerprint density at radius 2 is 1.94 bits per heavy atom. The zero-order valence-corrected chi connectivity index (χ0v) is 10.8. The van der Waals surface area contributed by atoms with Gasteiger partial charge in [-0.2, -0.15) is 0 Å². The van der Waals surface area contributed by atoms with Crippen molar-refractivity contribution in [3.8, 4) is 0 Å². The number of rotatable bonds is 4. The molecule has 0 aromatic heterocycles. The second-order valence-corrected chi connectivity index (χ2v) is 7.25. The van der Waals surface area contributed by atoms with Crippen LogP contribution in [0.3, 0.4) is 0 Å². The lowest BCUT2D eigenvalue weighted by Gasteiger charge is -2.14. The molecule has 1 aliphatic carbocycles. The minimum atomic E-state index is -3.23. The molecule has 6 heteroatoms. The summed E-state index contributed by atoms with van der Waals surface area (Å²) in [5, 5.41) is 5.63. The Bertz CT molecular complexity index is 368. The molecule has 1 heterocycles. The fourth-order valence-electron chi connectivity index (χ4n) is 2.60. The van der Waals surface area contributed by atoms with Gasteiger partial charge >= 0.3 is 0 Å². The van der Waals surface area contributed by atoms with Gasteiger partial charge in [0.15, 0.2) is 9.84 Å². The Balaban J connectivity index is 1.84. The van der Waals surface area contributed by atoms with Crippen LogP contribution < -0.4 is 10.6 Å². The molecule has 1 saturated heterocycles. The van der Waals surface area contributed by atoms with E-state index in [0.29, 0.717) is 0 Å². The van der Waals surface area contributed by atoms with Gasteiger partial charge in [0.1, 0.15) is 5.75 Å². The maximum Gasteiger partial charge on any atom is 0.235 e. The molecule has 5 nitrogen and oxygen atoms in total. The number of hydrogen-bond donors (Lipinski definition) is 2. The maximum absolute atomic E-state index is 11.9. The minimum Gasteiger partial charge on any atom is -0.351 e. The van der Waals surface area contributed by atoms with Gasteiger partial charge in [-0.05, 0) is 25.8 Å². The molecule has 1 unspecified atom stereocenters. The Morgan fingerprint density at radius 1 is 1.24 bits per heavy atom. The van der Waals surface area contributed by atoms with Crippen LogP contribution in [0.4, 0.5) is 0 Å². The van der Waals surface area contributed by atoms with Crippen molar-refractivity contribution in [1.29, 1.82) is 0 Å². The van der Waals surface area contributed by atoms with Crippen LogP contribution in [0.2, 0.25) is 0 Å². The van der Waals surface area contributed by atoms with E-state index >= 15 is 0 Å². The highest BCUT2D eigenvalue weighted by atomic mass is 32.2. The number of sulfone groups is 1. The van der Waals surface area contributed by atoms with E-state index in [1.807, 2.05) is 0 Å². The van der Waals surface area contributed by atoms with Gasteiger partial charge in [-0.1, -0.05) is 12.8 Å². The van der Waals surface area contributed by atoms with Gasteiger partial charge in [-0.15, -0.1) is 0 Å². The van der Waals surface area contributed by atoms with Gasteiger partial charge in [0.05, 0.1) is 5.25 Å². The van der Waals surface area contributed by atoms with Crippen LogP contribution in [0, 0.1) is 0 Å². The molecule has 17 heavy (non-hydrogen) atoms. The standard InChI is InChI=1S/C11H20N2O3S/c14-11(13-9-5-6-12-7-9)8-17(15,16)10-3-1-2-4-10/h9-10,12H,1-8H2,(H,13,14). The molecule has 1 amide bonds. The zero-order chi connectivity index (χ0) is 12.3. The van der Waals surface area contributed by atoms with Gasteiger partial charge in [0, 0.05) is 12.6 Å². The highest BCUT2D eigenvalue weighted by Crippen LogP contribution is 2.25. The summed E-state index contributed by atoms with van der Waals surface area (Å²) in [6, 6.07) is 0.0984. The van der Waals surface area contributed by atoms with Crippen LogP contribution in [0.15, 0.2) is 0 Å². The molecule has 1 aliphatic heterocycles. The molecule has 2 N–H and O–H groups in total. The van der Waals surface area contributed by atoms with E-state index in [4.69, 9.17) is 0 Å². The number of carbonyl (C=O) groups is 1. The van der Waals surface area contributed by atoms with Crippen LogP contribution >= 0.6 is 0 Å². The van der Waals surface area contributed by atoms with Crippen molar-refractivity contribution < 1.29 is 13.2 Å². The van der Waals surface area contributed by atoms with Crippen molar-refractivity contribution in [1.82, 2.24) is 10.6 Å². The number of carbonyl (C=O) groups excluding carboxylic acids is 1. The Kier molecular flexibility index (Phi) is 4.04. The van der Waals surface area contributed by atoms with Crippen molar-refractivity contribution in [3.05, 3.63) is 0 Å². The lowest BCUT2D eigenvalue weighted by Crippen LogP contribution is -2.41. The van der Waals surface area contributed by atoms with E-state index in [9.17, 15) is 13.2 Å². The van der Waals surface area contributed by atoms with Gasteiger partial charge in [0.2, 0.25) is 5.91 Å². The molecule has 1 saturated carbocycles. The maximum atomic E-state index is 11.9. The molecule has 2 fully saturated rings. The highest BCUT2D eigenvalue weighted by Gasteiger charge is 2.31. The van der Waals surface area contributed by atoms with Gasteiger partial charge in [-0.3, -0.25) is 4.79 Å². The first-order valence-corrected chi connectivity index (χ1v) is 8.01. The Labute approximate surface area is 102 Å². The van der Waals surface area contributed by atoms with Crippen LogP contribution in [0.25, 0.3) is 0 Å². The molecule has 0 aromatic carbocycles. The summed E-state index contributed by atoms with van der Waals surface area (Å²) in [4.78, 5) is 11.7. The third-order valence-corrected chi connectivity index (χ3v) is 5.72. The van der Waals surface area contributed by atoms with Crippen LogP contribution in [0.1, 0.15) is 32.1 Å². The number of nitrogens with one attached hydrogen (secondary N) is 2. The Hall–Kier alpha value is -0.620. The first kappa shape index (κ1) is 12.8. The van der Waals surface area contributed by atoms with Crippen molar-refractivity contribution >= 4 is 15.7 Å². The van der Waals surface area contributed by atoms with E-state index in [2.05, 4.69) is 10.6 Å². The topological polar surface area (TPSA) is 75.3 Å². The van der Waals surface area contributed by atoms with E-state index in [1.165, 1.54) is 0 Å². The fourth-order valence-corrected chi connectivity index (χ4v) is 4.33. The Morgan fingerprint density at radius 3 is 2.53 bits per heavy atom. The molecule has 2 rings (SSSR count). The highest BCUT2D eigenvalue weighted by molar-refractivity contribution is 7.92. The molecular weight excluding hydrogens is 240 g/mol. The number of amides is 1. The van der Waals surface area contributed by atoms with Gasteiger partial charge in [-0.25, -0.2) is 8.42 Å². The third-order valence-electron chi connectivity index (χ3n) is 3.57. The monoisotopic (exact) mass is 260 g/mol. The summed E-state index contributed by atoms with van der Waals surface area (Å²) in [5.41, 5.74) is 0. The lowest BCUT2D eigenvalue weighted by molar-refractivity contribution is -0.119. The predicted molar refractivity (Wildman–Crippen MR) is 65.5 cm³/mol. The predicted octanol–water partition coefficient (Wildman–Crippen LogP) is -0.178. The SMILES string of the molecule is O=C(CS(=O)(=O)C1CCCC1)NC1CCNC1. The van der Waals surface area contributed by atoms with Gasteiger partial charge in [0.25, 0.3) is 0 Å². The molecule has 0 bridgehead atoms. The van der Waals surface area contributed by atoms with Crippen LogP contribution in [-0.4, -0.2) is 44.5 Å². The van der Waals surface area contributed by atoms with E-state index in [0.717, 1.165) is 45.2 Å². The summed E-state index contributed by atoms with van der Waals surface area (Å²) < 4.78 is 23.9. The summed E-state index contributed by atoms with van der Waals surface area (Å²) in [6.07, 6.45) is 4.27. The van der Waals surface area contributed by atoms with Crippen LogP contribution in [0.5, 0.6) is 0 Å². The van der Waals surface area contributed by atoms with Crippen molar-refractivity contribution in [2.75, 3.05) is 18.8 Å². The normalized spacial score (nSPS) is 26.2. The summed E-state index contributed by atoms with van der Waals surface area (Å²) in [7, 11) is -3.23. The van der Waals surface area contributed by atoms with E-state index in [1.54, 1.807) is 0 Å². The minimum absolute atomic E-state index is 0.0984. The van der Waals surface area contributed by atoms with Crippen LogP contribution in [-0.2, 0) is 14.6 Å². The molecule has 0 aromatic rings. The molecule has 0 spiro atoms. The smallest absolute Gasteiger partial charge is 0.235 e. The average molecular weight is 260 g/mol. The summed E-state index contributed by atoms with van der Waals surface area (Å²) in [6.45, 7) is 1.63. The molecular formula is C11H20N2O3S. The van der Waals surface area contributed by atoms with Crippen molar-refractivity contribution in [2.45, 2.75) is 43.4 Å². The molecule has 1 atom stereocenters. The van der Waals surface area contributed by atoms with Crippen molar-refractivity contribution in [3.63, 3.8) is 0 Å².